The van der Waals surface area contributed by atoms with Crippen LogP contribution in [-0.4, -0.2) is 16.6 Å². The van der Waals surface area contributed by atoms with E-state index >= 15 is 4.39 Å². The first-order chi connectivity index (χ1) is 12.7. The van der Waals surface area contributed by atoms with Crippen molar-refractivity contribution in [3.63, 3.8) is 0 Å². The molecule has 0 aromatic heterocycles. The molecule has 0 aliphatic heterocycles. The van der Waals surface area contributed by atoms with Crippen molar-refractivity contribution in [1.82, 2.24) is 0 Å². The second-order valence-corrected chi connectivity index (χ2v) is 11.7. The Labute approximate surface area is 162 Å². The van der Waals surface area contributed by atoms with Gasteiger partial charge < -0.3 is 9.67 Å². The summed E-state index contributed by atoms with van der Waals surface area (Å²) in [4.78, 5) is 0. The average Bonchev–Trinajstić information content (AvgIpc) is 2.68. The van der Waals surface area contributed by atoms with Crippen molar-refractivity contribution in [3.8, 4) is 0 Å². The Bertz CT molecular complexity index is 747. The fourth-order valence-corrected chi connectivity index (χ4v) is 7.26. The number of alkyl halides is 1. The summed E-state index contributed by atoms with van der Waals surface area (Å²) in [6.45, 7) is 6.56. The van der Waals surface area contributed by atoms with Crippen molar-refractivity contribution in [3.05, 3.63) is 60.7 Å². The van der Waals surface area contributed by atoms with Gasteiger partial charge in [-0.25, -0.2) is 4.39 Å². The lowest BCUT2D eigenvalue weighted by Crippen LogP contribution is -2.47. The Kier molecular flexibility index (Phi) is 5.66. The standard InChI is InChI=1S/C23H30FO2P/c1-22(2,3)18-14-16-23(25,17-15-18)21(24)27(26,19-10-6-4-7-11-19)20-12-8-5-9-13-20/h4-13,18,21,25H,14-17H2,1-3H3/t18?,21-,23?/m0/s1. The van der Waals surface area contributed by atoms with E-state index in [4.69, 9.17) is 0 Å². The van der Waals surface area contributed by atoms with Crippen molar-refractivity contribution in [2.24, 2.45) is 11.3 Å². The Morgan fingerprint density at radius 2 is 1.37 bits per heavy atom. The van der Waals surface area contributed by atoms with E-state index in [9.17, 15) is 9.67 Å². The van der Waals surface area contributed by atoms with Crippen LogP contribution in [0, 0.1) is 11.3 Å². The summed E-state index contributed by atoms with van der Waals surface area (Å²) in [5, 5.41) is 12.2. The number of benzene rings is 2. The largest absolute Gasteiger partial charge is 0.386 e. The molecule has 146 valence electrons. The fourth-order valence-electron chi connectivity index (χ4n) is 4.27. The quantitative estimate of drug-likeness (QED) is 0.725. The van der Waals surface area contributed by atoms with E-state index in [0.29, 0.717) is 29.4 Å². The zero-order valence-corrected chi connectivity index (χ0v) is 17.3. The predicted octanol–water partition coefficient (Wildman–Crippen LogP) is 5.26. The Balaban J connectivity index is 1.98. The normalized spacial score (nSPS) is 25.1. The maximum atomic E-state index is 16.0. The lowest BCUT2D eigenvalue weighted by Gasteiger charge is -2.44. The van der Waals surface area contributed by atoms with E-state index in [-0.39, 0.29) is 5.41 Å². The number of aliphatic hydroxyl groups is 1. The van der Waals surface area contributed by atoms with Crippen molar-refractivity contribution in [2.45, 2.75) is 58.0 Å². The van der Waals surface area contributed by atoms with Crippen LogP contribution in [0.2, 0.25) is 0 Å². The van der Waals surface area contributed by atoms with Gasteiger partial charge in [0, 0.05) is 10.6 Å². The monoisotopic (exact) mass is 388 g/mol. The van der Waals surface area contributed by atoms with Gasteiger partial charge in [0.2, 0.25) is 0 Å². The molecule has 1 atom stereocenters. The van der Waals surface area contributed by atoms with Gasteiger partial charge in [-0.3, -0.25) is 0 Å². The third kappa shape index (κ3) is 3.91. The van der Waals surface area contributed by atoms with E-state index in [0.717, 1.165) is 12.8 Å². The van der Waals surface area contributed by atoms with Crippen LogP contribution in [0.25, 0.3) is 0 Å². The van der Waals surface area contributed by atoms with E-state index in [1.807, 2.05) is 12.1 Å². The van der Waals surface area contributed by atoms with Gasteiger partial charge in [-0.2, -0.15) is 0 Å². The molecule has 0 unspecified atom stereocenters. The molecule has 1 aliphatic carbocycles. The molecule has 2 nitrogen and oxygen atoms in total. The minimum Gasteiger partial charge on any atom is -0.386 e. The van der Waals surface area contributed by atoms with Gasteiger partial charge in [-0.05, 0) is 37.0 Å². The van der Waals surface area contributed by atoms with Crippen LogP contribution >= 0.6 is 7.14 Å². The molecule has 0 spiro atoms. The number of rotatable bonds is 4. The molecule has 1 aliphatic rings. The first-order valence-electron chi connectivity index (χ1n) is 9.75. The molecule has 0 bridgehead atoms. The van der Waals surface area contributed by atoms with Crippen LogP contribution in [0.1, 0.15) is 46.5 Å². The van der Waals surface area contributed by atoms with Crippen LogP contribution in [0.3, 0.4) is 0 Å². The van der Waals surface area contributed by atoms with Gasteiger partial charge in [0.05, 0.1) is 0 Å². The summed E-state index contributed by atoms with van der Waals surface area (Å²) < 4.78 is 30.2. The zero-order chi connectivity index (χ0) is 19.7. The van der Waals surface area contributed by atoms with Gasteiger partial charge in [0.25, 0.3) is 0 Å². The minimum atomic E-state index is -3.63. The SMILES string of the molecule is CC(C)(C)C1CCC(O)([C@@H](F)P(=O)(c2ccccc2)c2ccccc2)CC1. The van der Waals surface area contributed by atoms with Crippen LogP contribution in [0.15, 0.2) is 60.7 Å². The molecule has 1 fully saturated rings. The summed E-state index contributed by atoms with van der Waals surface area (Å²) in [7, 11) is -3.63. The van der Waals surface area contributed by atoms with Gasteiger partial charge in [0.1, 0.15) is 5.60 Å². The summed E-state index contributed by atoms with van der Waals surface area (Å²) in [5.74, 6) is -1.37. The molecular formula is C23H30FO2P. The van der Waals surface area contributed by atoms with Crippen molar-refractivity contribution < 1.29 is 14.1 Å². The van der Waals surface area contributed by atoms with Crippen molar-refractivity contribution in [2.75, 3.05) is 0 Å². The molecule has 4 heteroatoms. The molecule has 0 radical (unpaired) electrons. The number of hydrogen-bond acceptors (Lipinski definition) is 2. The van der Waals surface area contributed by atoms with Crippen LogP contribution in [0.5, 0.6) is 0 Å². The van der Waals surface area contributed by atoms with Crippen LogP contribution in [0.4, 0.5) is 4.39 Å². The Hall–Kier alpha value is -1.44. The molecule has 27 heavy (non-hydrogen) atoms. The first-order valence-corrected chi connectivity index (χ1v) is 11.5. The molecular weight excluding hydrogens is 358 g/mol. The zero-order valence-electron chi connectivity index (χ0n) is 16.4. The Morgan fingerprint density at radius 3 is 1.74 bits per heavy atom. The molecule has 2 aromatic rings. The molecule has 2 aromatic carbocycles. The van der Waals surface area contributed by atoms with Crippen molar-refractivity contribution in [1.29, 1.82) is 0 Å². The lowest BCUT2D eigenvalue weighted by atomic mass is 9.68. The summed E-state index contributed by atoms with van der Waals surface area (Å²) in [6.07, 6.45) is 2.20. The summed E-state index contributed by atoms with van der Waals surface area (Å²) in [5.41, 5.74) is -1.42. The molecule has 1 saturated carbocycles. The van der Waals surface area contributed by atoms with E-state index in [2.05, 4.69) is 20.8 Å². The van der Waals surface area contributed by atoms with E-state index in [1.54, 1.807) is 48.5 Å². The van der Waals surface area contributed by atoms with Gasteiger partial charge >= 0.3 is 0 Å². The topological polar surface area (TPSA) is 37.3 Å². The molecule has 0 heterocycles. The van der Waals surface area contributed by atoms with Crippen molar-refractivity contribution >= 4 is 17.8 Å². The summed E-state index contributed by atoms with van der Waals surface area (Å²) in [6, 6.07) is 17.6. The molecule has 0 amide bonds. The smallest absolute Gasteiger partial charge is 0.189 e. The van der Waals surface area contributed by atoms with E-state index in [1.165, 1.54) is 0 Å². The van der Waals surface area contributed by atoms with E-state index < -0.39 is 18.7 Å². The lowest BCUT2D eigenvalue weighted by molar-refractivity contribution is -0.0554. The number of halogens is 1. The third-order valence-corrected chi connectivity index (χ3v) is 9.37. The Morgan fingerprint density at radius 1 is 0.963 bits per heavy atom. The molecule has 1 N–H and O–H groups in total. The first kappa shape index (κ1) is 20.3. The van der Waals surface area contributed by atoms with Gasteiger partial charge in [0.15, 0.2) is 13.1 Å². The predicted molar refractivity (Wildman–Crippen MR) is 111 cm³/mol. The average molecular weight is 388 g/mol. The number of hydrogen-bond donors (Lipinski definition) is 1. The fraction of sp³-hybridized carbons (Fsp3) is 0.478. The second-order valence-electron chi connectivity index (χ2n) is 8.91. The van der Waals surface area contributed by atoms with Gasteiger partial charge in [-0.1, -0.05) is 81.4 Å². The second kappa shape index (κ2) is 7.53. The molecule has 3 rings (SSSR count). The highest BCUT2D eigenvalue weighted by Gasteiger charge is 2.52. The highest BCUT2D eigenvalue weighted by molar-refractivity contribution is 7.79. The maximum absolute atomic E-state index is 16.0. The minimum absolute atomic E-state index is 0.135. The summed E-state index contributed by atoms with van der Waals surface area (Å²) >= 11 is 0. The third-order valence-electron chi connectivity index (χ3n) is 6.12. The highest BCUT2D eigenvalue weighted by atomic mass is 31.2. The molecule has 0 saturated heterocycles. The van der Waals surface area contributed by atoms with Crippen LogP contribution in [-0.2, 0) is 4.57 Å². The highest BCUT2D eigenvalue weighted by Crippen LogP contribution is 2.57. The van der Waals surface area contributed by atoms with Gasteiger partial charge in [-0.15, -0.1) is 0 Å². The maximum Gasteiger partial charge on any atom is 0.189 e. The van der Waals surface area contributed by atoms with Crippen LogP contribution < -0.4 is 10.6 Å².